The maximum atomic E-state index is 13.1. The van der Waals surface area contributed by atoms with Gasteiger partial charge < -0.3 is 14.2 Å². The summed E-state index contributed by atoms with van der Waals surface area (Å²) in [5, 5.41) is 43.7. The molecule has 9 nitrogen and oxygen atoms in total. The predicted octanol–water partition coefficient (Wildman–Crippen LogP) is 8.64. The number of aliphatic hydroxyl groups excluding tert-OH is 4. The topological polar surface area (TPSA) is 146 Å². The summed E-state index contributed by atoms with van der Waals surface area (Å²) >= 11 is -2.71. The molecule has 0 bridgehead atoms. The molecule has 1 fully saturated rings. The van der Waals surface area contributed by atoms with E-state index in [1.165, 1.54) is 45.6 Å². The molecule has 0 aliphatic carbocycles. The van der Waals surface area contributed by atoms with Crippen molar-refractivity contribution >= 4 is 30.3 Å². The van der Waals surface area contributed by atoms with E-state index in [2.05, 4.69) is 58.4 Å². The smallest absolute Gasteiger partial charge is 0.122 e. The molecule has 1 heterocycles. The Morgan fingerprint density at radius 1 is 0.836 bits per heavy atom. The first-order valence-electron chi connectivity index (χ1n) is 20.8. The minimum Gasteiger partial charge on any atom is -0.365 e. The normalized spacial score (nSPS) is 20.0. The van der Waals surface area contributed by atoms with Crippen LogP contribution in [0.2, 0.25) is 13.3 Å². The summed E-state index contributed by atoms with van der Waals surface area (Å²) in [6.45, 7) is 27.8. The molecule has 314 valence electrons. The van der Waals surface area contributed by atoms with Crippen molar-refractivity contribution in [1.29, 1.82) is 0 Å². The third-order valence-electron chi connectivity index (χ3n) is 10.7. The summed E-state index contributed by atoms with van der Waals surface area (Å²) in [6.07, 6.45) is 9.78. The summed E-state index contributed by atoms with van der Waals surface area (Å²) in [7, 11) is 0. The van der Waals surface area contributed by atoms with Crippen molar-refractivity contribution in [2.45, 2.75) is 176 Å². The Morgan fingerprint density at radius 3 is 1.95 bits per heavy atom. The van der Waals surface area contributed by atoms with Gasteiger partial charge in [0, 0.05) is 13.0 Å². The number of hydrogen-bond donors (Lipinski definition) is 4. The molecule has 9 atom stereocenters. The Kier molecular flexibility index (Phi) is 24.9. The summed E-state index contributed by atoms with van der Waals surface area (Å²) in [6, 6.07) is 0. The van der Waals surface area contributed by atoms with Gasteiger partial charge in [-0.15, -0.1) is 0 Å². The Bertz CT molecular complexity index is 1280. The number of carbonyl (C=O) groups excluding carboxylic acids is 2. The van der Waals surface area contributed by atoms with Gasteiger partial charge in [-0.2, -0.15) is 0 Å². The van der Waals surface area contributed by atoms with Gasteiger partial charge in [0.2, 0.25) is 0 Å². The van der Waals surface area contributed by atoms with Gasteiger partial charge in [0.25, 0.3) is 0 Å². The SMILES string of the molecule is C=C(COC(C)=O)C[C@H](C)[C@@H](OC(=O)/C=C(C)/C=C/CC(=C)[C@H](O)[C@@H](O)C(=C)[C@H](O)[C@@H](O)/C=[CH]/[Sn]([CH2]CCC)([CH2]CCC)[CH2]CCC)[C@@H]1O[C@H]1[C@@H](C)CCC. The second-order valence-corrected chi connectivity index (χ2v) is 29.0. The fourth-order valence-electron chi connectivity index (χ4n) is 7.18. The number of epoxide rings is 1. The predicted molar refractivity (Wildman–Crippen MR) is 226 cm³/mol. The summed E-state index contributed by atoms with van der Waals surface area (Å²) in [5.74, 6) is -0.699. The van der Waals surface area contributed by atoms with Crippen LogP contribution >= 0.6 is 0 Å². The van der Waals surface area contributed by atoms with E-state index in [4.69, 9.17) is 14.2 Å². The molecule has 55 heavy (non-hydrogen) atoms. The molecule has 1 aliphatic rings. The number of ether oxygens (including phenoxy) is 3. The van der Waals surface area contributed by atoms with Crippen molar-refractivity contribution in [2.75, 3.05) is 6.61 Å². The van der Waals surface area contributed by atoms with Crippen LogP contribution in [-0.2, 0) is 23.8 Å². The second-order valence-electron chi connectivity index (χ2n) is 16.0. The fourth-order valence-corrected chi connectivity index (χ4v) is 21.5. The zero-order valence-electron chi connectivity index (χ0n) is 35.4. The van der Waals surface area contributed by atoms with Gasteiger partial charge in [-0.05, 0) is 37.2 Å². The molecule has 4 N–H and O–H groups in total. The van der Waals surface area contributed by atoms with Crippen molar-refractivity contribution in [3.8, 4) is 0 Å². The number of unbranched alkanes of at least 4 members (excludes halogenated alkanes) is 3. The van der Waals surface area contributed by atoms with Crippen LogP contribution in [0.25, 0.3) is 0 Å². The van der Waals surface area contributed by atoms with Crippen molar-refractivity contribution < 1.29 is 44.2 Å². The minimum absolute atomic E-state index is 0.000230. The first-order chi connectivity index (χ1) is 26.0. The van der Waals surface area contributed by atoms with Gasteiger partial charge in [0.1, 0.15) is 18.8 Å². The average Bonchev–Trinajstić information content (AvgIpc) is 3.95. The van der Waals surface area contributed by atoms with E-state index in [1.807, 2.05) is 6.92 Å². The van der Waals surface area contributed by atoms with Crippen LogP contribution < -0.4 is 0 Å². The number of aliphatic hydroxyl groups is 4. The minimum atomic E-state index is -2.71. The van der Waals surface area contributed by atoms with Crippen molar-refractivity contribution in [3.05, 3.63) is 70.4 Å². The van der Waals surface area contributed by atoms with Crippen molar-refractivity contribution in [2.24, 2.45) is 11.8 Å². The molecule has 10 heteroatoms. The molecular formula is C45H76O9Sn. The first-order valence-corrected chi connectivity index (χ1v) is 28.5. The fraction of sp³-hybridized carbons (Fsp3) is 0.689. The number of carbonyl (C=O) groups is 2. The van der Waals surface area contributed by atoms with E-state index < -0.39 is 54.9 Å². The zero-order valence-corrected chi connectivity index (χ0v) is 38.3. The van der Waals surface area contributed by atoms with Crippen LogP contribution in [0.4, 0.5) is 0 Å². The zero-order chi connectivity index (χ0) is 41.7. The molecule has 0 aromatic carbocycles. The van der Waals surface area contributed by atoms with Gasteiger partial charge in [0.05, 0.1) is 6.10 Å². The largest absolute Gasteiger partial charge is 0.365 e. The Morgan fingerprint density at radius 2 is 1.42 bits per heavy atom. The standard InChI is InChI=1S/C33H49O9.3C4H9.Sn/c1-10-13-22(6)31-33(42-31)32(23(7)16-20(4)18-40-25(9)34)41-27(36)17-19(3)14-12-15-21(5)28(37)30(39)24(8)29(38)26(35)11-2;3*1-3-4-2;/h2,11-12,14,17,22-23,26,28-33,35,37-39H,4-5,8,10,13,15-16,18H2,1,3,6-7,9H3;3*1,3-4H2,2H3;/b11-2?,14-12+,19-17+;;;;/t22-,23-,26-,28-,29-,30-,31-,32+,33+;;;;/m0..../s1. The van der Waals surface area contributed by atoms with Gasteiger partial charge in [-0.1, -0.05) is 33.8 Å². The Hall–Kier alpha value is -2.02. The molecule has 0 spiro atoms. The maximum Gasteiger partial charge on any atom is 0.122 e. The van der Waals surface area contributed by atoms with E-state index in [1.54, 1.807) is 25.2 Å². The van der Waals surface area contributed by atoms with Crippen LogP contribution in [0.1, 0.15) is 120 Å². The molecule has 0 unspecified atom stereocenters. The first kappa shape index (κ1) is 51.0. The van der Waals surface area contributed by atoms with Crippen molar-refractivity contribution in [1.82, 2.24) is 0 Å². The van der Waals surface area contributed by atoms with E-state index in [0.717, 1.165) is 37.7 Å². The molecule has 0 aromatic rings. The van der Waals surface area contributed by atoms with Gasteiger partial charge in [-0.25, -0.2) is 4.79 Å². The van der Waals surface area contributed by atoms with Gasteiger partial charge >= 0.3 is 206 Å². The van der Waals surface area contributed by atoms with Crippen LogP contribution in [-0.4, -0.2) is 100 Å². The van der Waals surface area contributed by atoms with Gasteiger partial charge in [0.15, 0.2) is 0 Å². The molecule has 0 amide bonds. The van der Waals surface area contributed by atoms with E-state index >= 15 is 0 Å². The van der Waals surface area contributed by atoms with Gasteiger partial charge in [-0.3, -0.25) is 4.79 Å². The second kappa shape index (κ2) is 26.8. The molecule has 0 radical (unpaired) electrons. The summed E-state index contributed by atoms with van der Waals surface area (Å²) in [5.41, 5.74) is 1.55. The van der Waals surface area contributed by atoms with Crippen molar-refractivity contribution in [3.63, 3.8) is 0 Å². The summed E-state index contributed by atoms with van der Waals surface area (Å²) in [4.78, 5) is 24.4. The van der Waals surface area contributed by atoms with Crippen LogP contribution in [0, 0.1) is 11.8 Å². The average molecular weight is 880 g/mol. The Balaban J connectivity index is 2.90. The third kappa shape index (κ3) is 18.9. The molecule has 0 aromatic heterocycles. The van der Waals surface area contributed by atoms with E-state index in [0.29, 0.717) is 17.9 Å². The number of rotatable bonds is 30. The Labute approximate surface area is 337 Å². The van der Waals surface area contributed by atoms with Crippen LogP contribution in [0.5, 0.6) is 0 Å². The maximum absolute atomic E-state index is 13.1. The van der Waals surface area contributed by atoms with E-state index in [-0.39, 0.29) is 48.3 Å². The molecular weight excluding hydrogens is 803 g/mol. The summed E-state index contributed by atoms with van der Waals surface area (Å²) < 4.78 is 23.0. The number of allylic oxidation sites excluding steroid dienone is 3. The monoisotopic (exact) mass is 880 g/mol. The number of hydrogen-bond acceptors (Lipinski definition) is 9. The molecule has 1 saturated heterocycles. The molecule has 1 aliphatic heterocycles. The number of esters is 2. The van der Waals surface area contributed by atoms with Crippen LogP contribution in [0.15, 0.2) is 70.4 Å². The quantitative estimate of drug-likeness (QED) is 0.0139. The van der Waals surface area contributed by atoms with E-state index in [9.17, 15) is 30.0 Å². The molecule has 1 rings (SSSR count). The third-order valence-corrected chi connectivity index (χ3v) is 24.9. The molecule has 0 saturated carbocycles. The van der Waals surface area contributed by atoms with Crippen LogP contribution in [0.3, 0.4) is 0 Å².